The highest BCUT2D eigenvalue weighted by Gasteiger charge is 2.42. The maximum atomic E-state index is 12.8. The summed E-state index contributed by atoms with van der Waals surface area (Å²) in [6.45, 7) is 12.5. The Kier molecular flexibility index (Phi) is 8.00. The van der Waals surface area contributed by atoms with Crippen molar-refractivity contribution in [3.8, 4) is 5.75 Å². The van der Waals surface area contributed by atoms with Crippen molar-refractivity contribution in [1.82, 2.24) is 4.90 Å². The van der Waals surface area contributed by atoms with Crippen molar-refractivity contribution < 1.29 is 14.3 Å². The van der Waals surface area contributed by atoms with E-state index < -0.39 is 0 Å². The minimum absolute atomic E-state index is 0.0181. The first-order chi connectivity index (χ1) is 15.2. The van der Waals surface area contributed by atoms with Crippen LogP contribution in [0.3, 0.4) is 0 Å². The van der Waals surface area contributed by atoms with E-state index in [1.165, 1.54) is 5.56 Å². The fourth-order valence-electron chi connectivity index (χ4n) is 4.90. The molecular formula is C28H39NO3. The van der Waals surface area contributed by atoms with Crippen molar-refractivity contribution in [2.24, 2.45) is 0 Å². The van der Waals surface area contributed by atoms with Crippen molar-refractivity contribution in [1.29, 1.82) is 0 Å². The second-order valence-corrected chi connectivity index (χ2v) is 9.91. The Labute approximate surface area is 193 Å². The Morgan fingerprint density at radius 2 is 1.78 bits per heavy atom. The van der Waals surface area contributed by atoms with Gasteiger partial charge in [0.05, 0.1) is 11.7 Å². The van der Waals surface area contributed by atoms with E-state index in [9.17, 15) is 4.79 Å². The van der Waals surface area contributed by atoms with Gasteiger partial charge in [0, 0.05) is 31.5 Å². The largest absolute Gasteiger partial charge is 0.491 e. The van der Waals surface area contributed by atoms with Crippen LogP contribution < -0.4 is 4.74 Å². The number of amides is 1. The number of ether oxygens (including phenoxy) is 2. The summed E-state index contributed by atoms with van der Waals surface area (Å²) >= 11 is 0. The van der Waals surface area contributed by atoms with Crippen LogP contribution in [-0.4, -0.2) is 35.7 Å². The zero-order valence-electron chi connectivity index (χ0n) is 20.4. The van der Waals surface area contributed by atoms with Gasteiger partial charge in [-0.05, 0) is 70.2 Å². The van der Waals surface area contributed by atoms with Gasteiger partial charge in [-0.3, -0.25) is 4.79 Å². The molecule has 3 rings (SSSR count). The van der Waals surface area contributed by atoms with Crippen LogP contribution in [0, 0.1) is 0 Å². The summed E-state index contributed by atoms with van der Waals surface area (Å²) in [5.41, 5.74) is 2.34. The lowest BCUT2D eigenvalue weighted by Crippen LogP contribution is -2.46. The standard InChI is InChI=1S/C28H39NO3/c1-6-26(30)29(20-23-12-14-25(15-13-23)32-22(2)3)18-16-28(24-10-8-7-9-11-24)17-19-31-27(4,5)21-28/h7-15,22H,6,16-21H2,1-5H3/t28-/m1/s1. The molecule has 0 unspecified atom stereocenters. The van der Waals surface area contributed by atoms with E-state index in [1.54, 1.807) is 0 Å². The van der Waals surface area contributed by atoms with Crippen molar-refractivity contribution in [3.05, 3.63) is 65.7 Å². The van der Waals surface area contributed by atoms with Gasteiger partial charge in [-0.1, -0.05) is 49.4 Å². The Balaban J connectivity index is 1.77. The molecule has 1 fully saturated rings. The lowest BCUT2D eigenvalue weighted by molar-refractivity contribution is -0.132. The van der Waals surface area contributed by atoms with Crippen LogP contribution >= 0.6 is 0 Å². The Morgan fingerprint density at radius 1 is 1.09 bits per heavy atom. The second kappa shape index (κ2) is 10.5. The third-order valence-corrected chi connectivity index (χ3v) is 6.41. The number of carbonyl (C=O) groups is 1. The van der Waals surface area contributed by atoms with Gasteiger partial charge in [0.1, 0.15) is 5.75 Å². The molecule has 1 aliphatic rings. The zero-order valence-corrected chi connectivity index (χ0v) is 20.4. The first-order valence-electron chi connectivity index (χ1n) is 12.0. The fraction of sp³-hybridized carbons (Fsp3) is 0.536. The molecule has 1 amide bonds. The molecular weight excluding hydrogens is 398 g/mol. The molecule has 4 nitrogen and oxygen atoms in total. The topological polar surface area (TPSA) is 38.8 Å². The molecule has 1 saturated heterocycles. The minimum atomic E-state index is -0.167. The molecule has 0 aliphatic carbocycles. The number of hydrogen-bond acceptors (Lipinski definition) is 3. The number of benzene rings is 2. The van der Waals surface area contributed by atoms with Crippen molar-refractivity contribution in [3.63, 3.8) is 0 Å². The van der Waals surface area contributed by atoms with E-state index in [0.717, 1.165) is 43.7 Å². The minimum Gasteiger partial charge on any atom is -0.491 e. The highest BCUT2D eigenvalue weighted by atomic mass is 16.5. The maximum Gasteiger partial charge on any atom is 0.222 e. The molecule has 0 aromatic heterocycles. The zero-order chi connectivity index (χ0) is 23.2. The van der Waals surface area contributed by atoms with Crippen molar-refractivity contribution in [2.75, 3.05) is 13.2 Å². The predicted molar refractivity (Wildman–Crippen MR) is 130 cm³/mol. The molecule has 0 saturated carbocycles. The number of nitrogens with zero attached hydrogens (tertiary/aromatic N) is 1. The van der Waals surface area contributed by atoms with E-state index in [4.69, 9.17) is 9.47 Å². The van der Waals surface area contributed by atoms with Crippen LogP contribution in [0.5, 0.6) is 5.75 Å². The molecule has 1 heterocycles. The Bertz CT molecular complexity index is 860. The number of carbonyl (C=O) groups excluding carboxylic acids is 1. The normalized spacial score (nSPS) is 20.2. The molecule has 1 atom stereocenters. The number of hydrogen-bond donors (Lipinski definition) is 0. The molecule has 2 aromatic carbocycles. The van der Waals surface area contributed by atoms with Gasteiger partial charge in [-0.2, -0.15) is 0 Å². The number of rotatable bonds is 9. The first kappa shape index (κ1) is 24.3. The first-order valence-corrected chi connectivity index (χ1v) is 12.0. The molecule has 1 aliphatic heterocycles. The third-order valence-electron chi connectivity index (χ3n) is 6.41. The summed E-state index contributed by atoms with van der Waals surface area (Å²) in [5.74, 6) is 1.06. The van der Waals surface area contributed by atoms with E-state index in [-0.39, 0.29) is 23.0 Å². The molecule has 0 spiro atoms. The van der Waals surface area contributed by atoms with E-state index in [1.807, 2.05) is 37.8 Å². The lowest BCUT2D eigenvalue weighted by Gasteiger charge is -2.46. The summed E-state index contributed by atoms with van der Waals surface area (Å²) < 4.78 is 11.8. The molecule has 32 heavy (non-hydrogen) atoms. The van der Waals surface area contributed by atoms with Gasteiger partial charge in [0.25, 0.3) is 0 Å². The van der Waals surface area contributed by atoms with Crippen LogP contribution in [0.15, 0.2) is 54.6 Å². The Hall–Kier alpha value is -2.33. The smallest absolute Gasteiger partial charge is 0.222 e. The van der Waals surface area contributed by atoms with Crippen LogP contribution in [0.4, 0.5) is 0 Å². The highest BCUT2D eigenvalue weighted by Crippen LogP contribution is 2.44. The van der Waals surface area contributed by atoms with Crippen molar-refractivity contribution in [2.45, 2.75) is 84.0 Å². The summed E-state index contributed by atoms with van der Waals surface area (Å²) in [6.07, 6.45) is 3.54. The van der Waals surface area contributed by atoms with Crippen LogP contribution in [0.1, 0.15) is 71.4 Å². The third kappa shape index (κ3) is 6.35. The highest BCUT2D eigenvalue weighted by molar-refractivity contribution is 5.75. The summed E-state index contributed by atoms with van der Waals surface area (Å²) in [4.78, 5) is 14.9. The molecule has 0 radical (unpaired) electrons. The molecule has 174 valence electrons. The monoisotopic (exact) mass is 437 g/mol. The van der Waals surface area contributed by atoms with E-state index in [0.29, 0.717) is 13.0 Å². The van der Waals surface area contributed by atoms with E-state index in [2.05, 4.69) is 56.3 Å². The molecule has 0 N–H and O–H groups in total. The van der Waals surface area contributed by atoms with E-state index >= 15 is 0 Å². The SMILES string of the molecule is CCC(=O)N(CC[C@@]1(c2ccccc2)CCOC(C)(C)C1)Cc1ccc(OC(C)C)cc1. The average molecular weight is 438 g/mol. The van der Waals surface area contributed by atoms with Gasteiger partial charge in [0.2, 0.25) is 5.91 Å². The van der Waals surface area contributed by atoms with Crippen LogP contribution in [0.2, 0.25) is 0 Å². The Morgan fingerprint density at radius 3 is 2.38 bits per heavy atom. The van der Waals surface area contributed by atoms with Gasteiger partial charge in [-0.15, -0.1) is 0 Å². The lowest BCUT2D eigenvalue weighted by atomic mass is 9.67. The van der Waals surface area contributed by atoms with Gasteiger partial charge in [0.15, 0.2) is 0 Å². The maximum absolute atomic E-state index is 12.8. The molecule has 4 heteroatoms. The summed E-state index contributed by atoms with van der Waals surface area (Å²) in [7, 11) is 0. The summed E-state index contributed by atoms with van der Waals surface area (Å²) in [5, 5.41) is 0. The molecule has 0 bridgehead atoms. The summed E-state index contributed by atoms with van der Waals surface area (Å²) in [6, 6.07) is 18.9. The van der Waals surface area contributed by atoms with Gasteiger partial charge < -0.3 is 14.4 Å². The van der Waals surface area contributed by atoms with Crippen LogP contribution in [0.25, 0.3) is 0 Å². The van der Waals surface area contributed by atoms with Crippen molar-refractivity contribution >= 4 is 5.91 Å². The predicted octanol–water partition coefficient (Wildman–Crippen LogP) is 6.13. The van der Waals surface area contributed by atoms with Gasteiger partial charge >= 0.3 is 0 Å². The fourth-order valence-corrected chi connectivity index (χ4v) is 4.90. The molecule has 2 aromatic rings. The van der Waals surface area contributed by atoms with Crippen LogP contribution in [-0.2, 0) is 21.5 Å². The van der Waals surface area contributed by atoms with Gasteiger partial charge in [-0.25, -0.2) is 0 Å². The quantitative estimate of drug-likeness (QED) is 0.474. The average Bonchev–Trinajstić information content (AvgIpc) is 2.77. The second-order valence-electron chi connectivity index (χ2n) is 9.91.